The fourth-order valence-corrected chi connectivity index (χ4v) is 4.82. The number of ether oxygens (including phenoxy) is 1. The van der Waals surface area contributed by atoms with Crippen molar-refractivity contribution in [2.75, 3.05) is 25.1 Å². The minimum absolute atomic E-state index is 0.000576. The smallest absolute Gasteiger partial charge is 0.185 e. The maximum atomic E-state index is 14.9. The van der Waals surface area contributed by atoms with Gasteiger partial charge in [-0.25, -0.2) is 13.8 Å². The number of anilines is 1. The number of hydrogen-bond donors (Lipinski definition) is 2. The Bertz CT molecular complexity index is 1460. The van der Waals surface area contributed by atoms with E-state index in [0.717, 1.165) is 11.8 Å². The molecule has 3 N–H and O–H groups in total. The molecule has 1 aliphatic rings. The predicted octanol–water partition coefficient (Wildman–Crippen LogP) is 3.75. The highest BCUT2D eigenvalue weighted by molar-refractivity contribution is 6.00. The number of carbonyl (C=O) groups excluding carboxylic acids is 1. The van der Waals surface area contributed by atoms with E-state index >= 15 is 0 Å². The van der Waals surface area contributed by atoms with E-state index in [1.807, 2.05) is 17.9 Å². The van der Waals surface area contributed by atoms with Gasteiger partial charge in [0.15, 0.2) is 22.9 Å². The maximum Gasteiger partial charge on any atom is 0.185 e. The number of hydrogen-bond acceptors (Lipinski definition) is 8. The number of aliphatic hydroxyl groups excluding tert-OH is 1. The van der Waals surface area contributed by atoms with E-state index in [-0.39, 0.29) is 51.8 Å². The fraction of sp³-hybridized carbons (Fsp3) is 0.296. The Morgan fingerprint density at radius 2 is 2.05 bits per heavy atom. The standard InChI is InChI=1S/C27H26F2N4O4/c1-14-11-33(12-18(30)27(14)35)20-7-8-31-10-15(20)9-21(34)19-4-6-23-26(32-19)16(13-37-23)24-17(28)3-5-22(36-2)25(24)29/h3-8,10,13-14,18,27,35H,9,11-12,30H2,1-2H3/t14-,18+,27+/m0/s1. The molecular weight excluding hydrogens is 482 g/mol. The molecule has 37 heavy (non-hydrogen) atoms. The molecule has 5 rings (SSSR count). The van der Waals surface area contributed by atoms with Gasteiger partial charge in [-0.2, -0.15) is 0 Å². The molecule has 0 unspecified atom stereocenters. The van der Waals surface area contributed by atoms with Gasteiger partial charge in [0.25, 0.3) is 0 Å². The number of aliphatic hydroxyl groups is 1. The molecule has 0 radical (unpaired) electrons. The van der Waals surface area contributed by atoms with Gasteiger partial charge in [-0.05, 0) is 30.3 Å². The Labute approximate surface area is 211 Å². The van der Waals surface area contributed by atoms with Gasteiger partial charge < -0.3 is 24.9 Å². The number of ketones is 1. The molecule has 3 aromatic heterocycles. The summed E-state index contributed by atoms with van der Waals surface area (Å²) in [4.78, 5) is 24.0. The van der Waals surface area contributed by atoms with Gasteiger partial charge in [0.2, 0.25) is 0 Å². The largest absolute Gasteiger partial charge is 0.494 e. The summed E-state index contributed by atoms with van der Waals surface area (Å²) >= 11 is 0. The second-order valence-corrected chi connectivity index (χ2v) is 9.27. The van der Waals surface area contributed by atoms with Crippen molar-refractivity contribution in [2.45, 2.75) is 25.5 Å². The van der Waals surface area contributed by atoms with Crippen LogP contribution in [0.2, 0.25) is 0 Å². The Hall–Kier alpha value is -3.89. The average molecular weight is 509 g/mol. The van der Waals surface area contributed by atoms with Crippen LogP contribution in [0.1, 0.15) is 23.0 Å². The zero-order chi connectivity index (χ0) is 26.3. The number of Topliss-reactive ketones (excluding diaryl/α,β-unsaturated/α-hetero) is 1. The van der Waals surface area contributed by atoms with Gasteiger partial charge in [0.05, 0.1) is 24.3 Å². The molecule has 1 aromatic carbocycles. The number of nitrogens with zero attached hydrogens (tertiary/aromatic N) is 3. The number of piperidine rings is 1. The monoisotopic (exact) mass is 508 g/mol. The maximum absolute atomic E-state index is 14.9. The van der Waals surface area contributed by atoms with Crippen LogP contribution in [0.25, 0.3) is 22.2 Å². The molecular formula is C27H26F2N4O4. The number of pyridine rings is 2. The van der Waals surface area contributed by atoms with Gasteiger partial charge in [-0.15, -0.1) is 0 Å². The van der Waals surface area contributed by atoms with Gasteiger partial charge in [0, 0.05) is 55.1 Å². The summed E-state index contributed by atoms with van der Waals surface area (Å²) in [5.74, 6) is -2.16. The zero-order valence-corrected chi connectivity index (χ0v) is 20.3. The van der Waals surface area contributed by atoms with E-state index in [2.05, 4.69) is 9.97 Å². The van der Waals surface area contributed by atoms with Gasteiger partial charge in [-0.3, -0.25) is 9.78 Å². The molecule has 8 nitrogen and oxygen atoms in total. The number of methoxy groups -OCH3 is 1. The lowest BCUT2D eigenvalue weighted by Crippen LogP contribution is -2.55. The van der Waals surface area contributed by atoms with Crippen LogP contribution >= 0.6 is 0 Å². The summed E-state index contributed by atoms with van der Waals surface area (Å²) in [7, 11) is 1.29. The lowest BCUT2D eigenvalue weighted by molar-refractivity contribution is 0.0784. The van der Waals surface area contributed by atoms with Crippen molar-refractivity contribution in [3.8, 4) is 16.9 Å². The molecule has 0 bridgehead atoms. The molecule has 0 saturated carbocycles. The number of rotatable bonds is 6. The second-order valence-electron chi connectivity index (χ2n) is 9.27. The molecule has 192 valence electrons. The van der Waals surface area contributed by atoms with E-state index in [4.69, 9.17) is 14.9 Å². The summed E-state index contributed by atoms with van der Waals surface area (Å²) in [6.45, 7) is 2.95. The first kappa shape index (κ1) is 24.8. The van der Waals surface area contributed by atoms with Gasteiger partial charge in [0.1, 0.15) is 23.3 Å². The minimum atomic E-state index is -0.886. The number of furan rings is 1. The third-order valence-corrected chi connectivity index (χ3v) is 6.78. The summed E-state index contributed by atoms with van der Waals surface area (Å²) < 4.78 is 40.0. The van der Waals surface area contributed by atoms with Crippen molar-refractivity contribution >= 4 is 22.6 Å². The van der Waals surface area contributed by atoms with Crippen molar-refractivity contribution < 1.29 is 27.8 Å². The van der Waals surface area contributed by atoms with Crippen LogP contribution in [0, 0.1) is 17.6 Å². The molecule has 1 aliphatic heterocycles. The fourth-order valence-electron chi connectivity index (χ4n) is 4.82. The summed E-state index contributed by atoms with van der Waals surface area (Å²) in [5.41, 5.74) is 7.92. The van der Waals surface area contributed by atoms with Crippen LogP contribution < -0.4 is 15.4 Å². The normalized spacial score (nSPS) is 19.8. The first-order valence-corrected chi connectivity index (χ1v) is 11.8. The topological polar surface area (TPSA) is 115 Å². The second kappa shape index (κ2) is 9.87. The van der Waals surface area contributed by atoms with Crippen LogP contribution in [0.15, 0.2) is 53.4 Å². The Morgan fingerprint density at radius 1 is 1.24 bits per heavy atom. The van der Waals surface area contributed by atoms with Crippen LogP contribution in [0.3, 0.4) is 0 Å². The van der Waals surface area contributed by atoms with Gasteiger partial charge in [-0.1, -0.05) is 6.92 Å². The third kappa shape index (κ3) is 4.54. The zero-order valence-electron chi connectivity index (χ0n) is 20.3. The van der Waals surface area contributed by atoms with Crippen molar-refractivity contribution in [2.24, 2.45) is 11.7 Å². The first-order chi connectivity index (χ1) is 17.8. The van der Waals surface area contributed by atoms with Crippen LogP contribution in [-0.2, 0) is 6.42 Å². The number of fused-ring (bicyclic) bond motifs is 1. The first-order valence-electron chi connectivity index (χ1n) is 11.8. The number of nitrogens with two attached hydrogens (primary N) is 1. The van der Waals surface area contributed by atoms with Crippen molar-refractivity contribution in [1.82, 2.24) is 9.97 Å². The lowest BCUT2D eigenvalue weighted by atomic mass is 9.92. The minimum Gasteiger partial charge on any atom is -0.494 e. The SMILES string of the molecule is COc1ccc(F)c(-c2coc3ccc(C(=O)Cc4cnccc4N4C[C@@H](N)[C@H](O)[C@@H](C)C4)nc23)c1F. The summed E-state index contributed by atoms with van der Waals surface area (Å²) in [5, 5.41) is 10.2. The molecule has 0 aliphatic carbocycles. The van der Waals surface area contributed by atoms with E-state index in [1.54, 1.807) is 18.5 Å². The van der Waals surface area contributed by atoms with Gasteiger partial charge >= 0.3 is 0 Å². The highest BCUT2D eigenvalue weighted by Crippen LogP contribution is 2.36. The summed E-state index contributed by atoms with van der Waals surface area (Å²) in [6, 6.07) is 6.76. The predicted molar refractivity (Wildman–Crippen MR) is 134 cm³/mol. The molecule has 1 fully saturated rings. The number of halogens is 2. The molecule has 0 amide bonds. The quantitative estimate of drug-likeness (QED) is 0.379. The van der Waals surface area contributed by atoms with Crippen LogP contribution in [0.5, 0.6) is 5.75 Å². The average Bonchev–Trinajstić information content (AvgIpc) is 3.30. The van der Waals surface area contributed by atoms with Crippen molar-refractivity contribution in [1.29, 1.82) is 0 Å². The molecule has 4 heterocycles. The number of benzene rings is 1. The number of carbonyl (C=O) groups is 1. The van der Waals surface area contributed by atoms with Crippen LogP contribution in [-0.4, -0.2) is 53.2 Å². The van der Waals surface area contributed by atoms with Crippen LogP contribution in [0.4, 0.5) is 14.5 Å². The van der Waals surface area contributed by atoms with E-state index in [1.165, 1.54) is 25.5 Å². The van der Waals surface area contributed by atoms with E-state index < -0.39 is 23.8 Å². The van der Waals surface area contributed by atoms with Crippen molar-refractivity contribution in [3.63, 3.8) is 0 Å². The van der Waals surface area contributed by atoms with E-state index in [0.29, 0.717) is 18.7 Å². The Kier molecular flexibility index (Phi) is 6.61. The third-order valence-electron chi connectivity index (χ3n) is 6.78. The summed E-state index contributed by atoms with van der Waals surface area (Å²) in [6.07, 6.45) is 3.88. The highest BCUT2D eigenvalue weighted by atomic mass is 19.1. The highest BCUT2D eigenvalue weighted by Gasteiger charge is 2.32. The molecule has 0 spiro atoms. The Balaban J connectivity index is 1.47. The Morgan fingerprint density at radius 3 is 2.81 bits per heavy atom. The van der Waals surface area contributed by atoms with Crippen molar-refractivity contribution in [3.05, 3.63) is 71.9 Å². The molecule has 10 heteroatoms. The lowest BCUT2D eigenvalue weighted by Gasteiger charge is -2.40. The molecule has 3 atom stereocenters. The number of aromatic nitrogens is 2. The van der Waals surface area contributed by atoms with E-state index in [9.17, 15) is 18.7 Å². The molecule has 1 saturated heterocycles. The molecule has 4 aromatic rings.